The Morgan fingerprint density at radius 2 is 2.00 bits per heavy atom. The minimum atomic E-state index is 0.635. The summed E-state index contributed by atoms with van der Waals surface area (Å²) in [4.78, 5) is 17.1. The van der Waals surface area contributed by atoms with E-state index in [2.05, 4.69) is 50.0 Å². The standard InChI is InChI=1S/C21H25N7O.C3H6/c1-12-15(8-22-3)9-23-11-17(12)14-7-16-19(27-28-20(16)24-10-14)21-25-13(2)18(26-21)5-6-29-4;1-3-2/h7,9-11,22H,5-6,8H2,1-4H3,(H,25,26)(H,24,27,28);3H,1H2,2H3. The number of hydrogen-bond donors (Lipinski definition) is 3. The van der Waals surface area contributed by atoms with Gasteiger partial charge in [0.15, 0.2) is 11.5 Å². The first kappa shape index (κ1) is 23.3. The minimum Gasteiger partial charge on any atom is -0.384 e. The number of aromatic amines is 2. The van der Waals surface area contributed by atoms with Gasteiger partial charge in [0.25, 0.3) is 0 Å². The third-order valence-corrected chi connectivity index (χ3v) is 5.17. The summed E-state index contributed by atoms with van der Waals surface area (Å²) in [7, 11) is 3.63. The zero-order valence-electron chi connectivity index (χ0n) is 19.4. The van der Waals surface area contributed by atoms with Crippen LogP contribution in [0, 0.1) is 13.8 Å². The van der Waals surface area contributed by atoms with Crippen LogP contribution in [-0.4, -0.2) is 50.9 Å². The topological polar surface area (TPSA) is 104 Å². The lowest BCUT2D eigenvalue weighted by molar-refractivity contribution is 0.201. The molecule has 0 spiro atoms. The number of pyridine rings is 2. The molecule has 0 amide bonds. The number of fused-ring (bicyclic) bond motifs is 1. The number of allylic oxidation sites excluding steroid dienone is 1. The van der Waals surface area contributed by atoms with E-state index in [1.165, 1.54) is 11.1 Å². The van der Waals surface area contributed by atoms with E-state index in [4.69, 9.17) is 9.72 Å². The van der Waals surface area contributed by atoms with Crippen LogP contribution in [0.4, 0.5) is 0 Å². The van der Waals surface area contributed by atoms with Crippen molar-refractivity contribution < 1.29 is 4.74 Å². The molecule has 4 aromatic rings. The number of aromatic nitrogens is 6. The first-order valence-corrected chi connectivity index (χ1v) is 10.6. The Morgan fingerprint density at radius 3 is 2.72 bits per heavy atom. The van der Waals surface area contributed by atoms with Gasteiger partial charge in [-0.3, -0.25) is 10.1 Å². The van der Waals surface area contributed by atoms with Crippen LogP contribution >= 0.6 is 0 Å². The average molecular weight is 434 g/mol. The molecule has 0 aliphatic heterocycles. The zero-order chi connectivity index (χ0) is 23.1. The molecule has 0 saturated heterocycles. The number of imidazole rings is 1. The Labute approximate surface area is 188 Å². The highest BCUT2D eigenvalue weighted by Crippen LogP contribution is 2.30. The molecule has 4 heterocycles. The third kappa shape index (κ3) is 4.92. The highest BCUT2D eigenvalue weighted by Gasteiger charge is 2.16. The van der Waals surface area contributed by atoms with Gasteiger partial charge in [-0.1, -0.05) is 6.08 Å². The van der Waals surface area contributed by atoms with E-state index in [1.54, 1.807) is 13.2 Å². The van der Waals surface area contributed by atoms with E-state index in [0.717, 1.165) is 52.4 Å². The summed E-state index contributed by atoms with van der Waals surface area (Å²) in [5, 5.41) is 11.6. The highest BCUT2D eigenvalue weighted by molar-refractivity contribution is 5.92. The van der Waals surface area contributed by atoms with Gasteiger partial charge >= 0.3 is 0 Å². The quantitative estimate of drug-likeness (QED) is 0.379. The second-order valence-corrected chi connectivity index (χ2v) is 7.50. The van der Waals surface area contributed by atoms with E-state index in [0.29, 0.717) is 12.3 Å². The maximum absolute atomic E-state index is 5.18. The van der Waals surface area contributed by atoms with Gasteiger partial charge in [0.2, 0.25) is 0 Å². The van der Waals surface area contributed by atoms with Gasteiger partial charge in [0.1, 0.15) is 5.69 Å². The summed E-state index contributed by atoms with van der Waals surface area (Å²) in [6.45, 7) is 10.8. The molecule has 4 rings (SSSR count). The van der Waals surface area contributed by atoms with Crippen molar-refractivity contribution in [2.45, 2.75) is 33.7 Å². The minimum absolute atomic E-state index is 0.635. The van der Waals surface area contributed by atoms with Crippen LogP contribution in [0.25, 0.3) is 33.7 Å². The van der Waals surface area contributed by atoms with Crippen molar-refractivity contribution in [1.82, 2.24) is 35.5 Å². The van der Waals surface area contributed by atoms with Crippen LogP contribution in [0.15, 0.2) is 37.3 Å². The van der Waals surface area contributed by atoms with Gasteiger partial charge in [-0.15, -0.1) is 6.58 Å². The lowest BCUT2D eigenvalue weighted by Crippen LogP contribution is -2.07. The number of ether oxygens (including phenoxy) is 1. The molecule has 3 N–H and O–H groups in total. The Bertz CT molecular complexity index is 1190. The van der Waals surface area contributed by atoms with Gasteiger partial charge in [0, 0.05) is 55.5 Å². The Kier molecular flexibility index (Phi) is 7.86. The Hall–Kier alpha value is -3.36. The molecule has 0 bridgehead atoms. The summed E-state index contributed by atoms with van der Waals surface area (Å²) in [6.07, 6.45) is 8.14. The van der Waals surface area contributed by atoms with Crippen molar-refractivity contribution in [2.75, 3.05) is 20.8 Å². The summed E-state index contributed by atoms with van der Waals surface area (Å²) in [5.41, 5.74) is 7.95. The number of nitrogens with zero attached hydrogens (tertiary/aromatic N) is 4. The average Bonchev–Trinajstić information content (AvgIpc) is 3.37. The summed E-state index contributed by atoms with van der Waals surface area (Å²) in [6, 6.07) is 2.10. The van der Waals surface area contributed by atoms with Crippen LogP contribution < -0.4 is 5.32 Å². The number of hydrogen-bond acceptors (Lipinski definition) is 6. The maximum Gasteiger partial charge on any atom is 0.181 e. The number of H-pyrrole nitrogens is 2. The SMILES string of the molecule is C=CC.CNCc1cncc(-c2cnc3n[nH]c(-c4nc(CCOC)c(C)[nH]4)c3c2)c1C. The second-order valence-electron chi connectivity index (χ2n) is 7.50. The predicted octanol–water partition coefficient (Wildman–Crippen LogP) is 4.13. The Balaban J connectivity index is 0.000000913. The first-order chi connectivity index (χ1) is 15.5. The molecule has 168 valence electrons. The molecular formula is C24H31N7O. The molecule has 8 nitrogen and oxygen atoms in total. The maximum atomic E-state index is 5.18. The van der Waals surface area contributed by atoms with Crippen molar-refractivity contribution in [3.8, 4) is 22.6 Å². The van der Waals surface area contributed by atoms with Crippen molar-refractivity contribution >= 4 is 11.0 Å². The molecular weight excluding hydrogens is 402 g/mol. The van der Waals surface area contributed by atoms with Gasteiger partial charge in [-0.25, -0.2) is 9.97 Å². The summed E-state index contributed by atoms with van der Waals surface area (Å²) >= 11 is 0. The third-order valence-electron chi connectivity index (χ3n) is 5.17. The molecule has 0 aliphatic rings. The molecule has 0 unspecified atom stereocenters. The van der Waals surface area contributed by atoms with Crippen molar-refractivity contribution in [2.24, 2.45) is 0 Å². The van der Waals surface area contributed by atoms with Crippen LogP contribution in [0.2, 0.25) is 0 Å². The Morgan fingerprint density at radius 1 is 1.22 bits per heavy atom. The van der Waals surface area contributed by atoms with Crippen LogP contribution in [-0.2, 0) is 17.7 Å². The summed E-state index contributed by atoms with van der Waals surface area (Å²) in [5.74, 6) is 0.758. The lowest BCUT2D eigenvalue weighted by Gasteiger charge is -2.10. The number of aryl methyl sites for hydroxylation is 1. The van der Waals surface area contributed by atoms with E-state index in [9.17, 15) is 0 Å². The van der Waals surface area contributed by atoms with E-state index in [-0.39, 0.29) is 0 Å². The molecule has 0 atom stereocenters. The second kappa shape index (κ2) is 10.8. The van der Waals surface area contributed by atoms with E-state index in [1.807, 2.05) is 39.5 Å². The van der Waals surface area contributed by atoms with Crippen molar-refractivity contribution in [1.29, 1.82) is 0 Å². The van der Waals surface area contributed by atoms with Gasteiger partial charge in [-0.05, 0) is 45.0 Å². The van der Waals surface area contributed by atoms with Crippen molar-refractivity contribution in [3.63, 3.8) is 0 Å². The largest absolute Gasteiger partial charge is 0.384 e. The molecule has 0 radical (unpaired) electrons. The van der Waals surface area contributed by atoms with Gasteiger partial charge < -0.3 is 15.0 Å². The molecule has 4 aromatic heterocycles. The van der Waals surface area contributed by atoms with Gasteiger partial charge in [-0.2, -0.15) is 5.10 Å². The zero-order valence-corrected chi connectivity index (χ0v) is 19.4. The molecule has 0 aromatic carbocycles. The first-order valence-electron chi connectivity index (χ1n) is 10.6. The number of methoxy groups -OCH3 is 1. The lowest BCUT2D eigenvalue weighted by atomic mass is 10.00. The van der Waals surface area contributed by atoms with E-state index < -0.39 is 0 Å². The van der Waals surface area contributed by atoms with Crippen molar-refractivity contribution in [3.05, 3.63) is 59.8 Å². The fraction of sp³-hybridized carbons (Fsp3) is 0.333. The number of rotatable bonds is 7. The molecule has 0 aliphatic carbocycles. The fourth-order valence-electron chi connectivity index (χ4n) is 3.51. The molecule has 0 saturated carbocycles. The molecule has 0 fully saturated rings. The highest BCUT2D eigenvalue weighted by atomic mass is 16.5. The molecule has 8 heteroatoms. The van der Waals surface area contributed by atoms with Crippen LogP contribution in [0.1, 0.15) is 29.4 Å². The number of nitrogens with one attached hydrogen (secondary N) is 3. The predicted molar refractivity (Wildman–Crippen MR) is 128 cm³/mol. The monoisotopic (exact) mass is 433 g/mol. The fourth-order valence-corrected chi connectivity index (χ4v) is 3.51. The normalized spacial score (nSPS) is 10.8. The van der Waals surface area contributed by atoms with E-state index >= 15 is 0 Å². The van der Waals surface area contributed by atoms with Crippen LogP contribution in [0.3, 0.4) is 0 Å². The molecule has 32 heavy (non-hydrogen) atoms. The summed E-state index contributed by atoms with van der Waals surface area (Å²) < 4.78 is 5.18. The van der Waals surface area contributed by atoms with Crippen LogP contribution in [0.5, 0.6) is 0 Å². The smallest absolute Gasteiger partial charge is 0.181 e. The van der Waals surface area contributed by atoms with Gasteiger partial charge in [0.05, 0.1) is 17.7 Å².